The fourth-order valence-electron chi connectivity index (χ4n) is 1.56. The summed E-state index contributed by atoms with van der Waals surface area (Å²) in [6.07, 6.45) is 5.99. The van der Waals surface area contributed by atoms with Gasteiger partial charge in [-0.15, -0.1) is 0 Å². The molecule has 0 unspecified atom stereocenters. The van der Waals surface area contributed by atoms with Crippen molar-refractivity contribution in [2.45, 2.75) is 45.4 Å². The molecule has 0 saturated carbocycles. The van der Waals surface area contributed by atoms with E-state index in [-0.39, 0.29) is 13.0 Å². The number of hydroxylamine groups is 2. The largest absolute Gasteiger partial charge is 0.481 e. The van der Waals surface area contributed by atoms with E-state index >= 15 is 0 Å². The average molecular weight is 231 g/mol. The number of nitrogens with zero attached hydrogens (tertiary/aromatic N) is 1. The second kappa shape index (κ2) is 9.15. The minimum absolute atomic E-state index is 0.132. The van der Waals surface area contributed by atoms with Crippen LogP contribution in [0.5, 0.6) is 0 Å². The number of carbonyl (C=O) groups is 2. The predicted molar refractivity (Wildman–Crippen MR) is 59.1 cm³/mol. The molecule has 0 aromatic rings. The van der Waals surface area contributed by atoms with Gasteiger partial charge in [0.05, 0.1) is 12.5 Å². The van der Waals surface area contributed by atoms with Crippen LogP contribution in [-0.4, -0.2) is 34.3 Å². The standard InChI is InChI=1S/C11H21NO4/c1-2-3-4-5-6-7-10(11(14)15)8-12(16)9-13/h9-10,16H,2-8H2,1H3,(H,14,15)/t10-/m1/s1. The van der Waals surface area contributed by atoms with Crippen molar-refractivity contribution >= 4 is 12.4 Å². The lowest BCUT2D eigenvalue weighted by atomic mass is 10.0. The number of aliphatic carboxylic acids is 1. The first kappa shape index (κ1) is 14.9. The highest BCUT2D eigenvalue weighted by Crippen LogP contribution is 2.12. The van der Waals surface area contributed by atoms with Crippen LogP contribution < -0.4 is 0 Å². The molecule has 0 fully saturated rings. The van der Waals surface area contributed by atoms with Crippen LogP contribution >= 0.6 is 0 Å². The molecule has 2 N–H and O–H groups in total. The van der Waals surface area contributed by atoms with Crippen molar-refractivity contribution in [3.8, 4) is 0 Å². The van der Waals surface area contributed by atoms with E-state index in [1.54, 1.807) is 0 Å². The zero-order valence-corrected chi connectivity index (χ0v) is 9.76. The number of amides is 1. The lowest BCUT2D eigenvalue weighted by molar-refractivity contribution is -0.159. The molecule has 0 spiro atoms. The van der Waals surface area contributed by atoms with Crippen molar-refractivity contribution in [2.24, 2.45) is 5.92 Å². The van der Waals surface area contributed by atoms with E-state index in [0.717, 1.165) is 32.1 Å². The normalized spacial score (nSPS) is 12.1. The fraction of sp³-hybridized carbons (Fsp3) is 0.818. The van der Waals surface area contributed by atoms with Crippen LogP contribution in [-0.2, 0) is 9.59 Å². The molecule has 16 heavy (non-hydrogen) atoms. The highest BCUT2D eigenvalue weighted by molar-refractivity contribution is 5.70. The molecule has 0 aliphatic rings. The lowest BCUT2D eigenvalue weighted by Crippen LogP contribution is -2.29. The van der Waals surface area contributed by atoms with Crippen molar-refractivity contribution in [3.05, 3.63) is 0 Å². The van der Waals surface area contributed by atoms with E-state index in [1.807, 2.05) is 0 Å². The molecular formula is C11H21NO4. The molecule has 0 saturated heterocycles. The molecule has 0 aliphatic heterocycles. The first-order valence-electron chi connectivity index (χ1n) is 5.75. The number of hydrogen-bond donors (Lipinski definition) is 2. The minimum Gasteiger partial charge on any atom is -0.481 e. The fourth-order valence-corrected chi connectivity index (χ4v) is 1.56. The molecule has 0 bridgehead atoms. The summed E-state index contributed by atoms with van der Waals surface area (Å²) in [5.74, 6) is -1.63. The average Bonchev–Trinajstić information content (AvgIpc) is 2.26. The number of hydrogen-bond acceptors (Lipinski definition) is 3. The summed E-state index contributed by atoms with van der Waals surface area (Å²) in [4.78, 5) is 21.0. The van der Waals surface area contributed by atoms with Gasteiger partial charge in [-0.2, -0.15) is 0 Å². The minimum atomic E-state index is -0.962. The van der Waals surface area contributed by atoms with Gasteiger partial charge >= 0.3 is 5.97 Å². The van der Waals surface area contributed by atoms with E-state index in [4.69, 9.17) is 10.3 Å². The van der Waals surface area contributed by atoms with Crippen LogP contribution in [0.25, 0.3) is 0 Å². The number of rotatable bonds is 10. The summed E-state index contributed by atoms with van der Waals surface area (Å²) in [5.41, 5.74) is 0. The maximum Gasteiger partial charge on any atom is 0.308 e. The van der Waals surface area contributed by atoms with Gasteiger partial charge in [0.2, 0.25) is 6.41 Å². The molecular weight excluding hydrogens is 210 g/mol. The van der Waals surface area contributed by atoms with Gasteiger partial charge in [-0.25, -0.2) is 5.06 Å². The SMILES string of the molecule is CCCCCCC[C@H](CN(O)C=O)C(=O)O. The van der Waals surface area contributed by atoms with Gasteiger partial charge in [0, 0.05) is 0 Å². The first-order chi connectivity index (χ1) is 7.61. The molecule has 1 amide bonds. The van der Waals surface area contributed by atoms with Crippen LogP contribution in [0.3, 0.4) is 0 Å². The maximum atomic E-state index is 10.8. The molecule has 5 heteroatoms. The molecule has 0 aromatic heterocycles. The number of carbonyl (C=O) groups excluding carboxylic acids is 1. The van der Waals surface area contributed by atoms with E-state index in [9.17, 15) is 9.59 Å². The molecule has 5 nitrogen and oxygen atoms in total. The molecule has 1 atom stereocenters. The van der Waals surface area contributed by atoms with E-state index in [2.05, 4.69) is 6.92 Å². The van der Waals surface area contributed by atoms with Crippen LogP contribution in [0, 0.1) is 5.92 Å². The van der Waals surface area contributed by atoms with Crippen molar-refractivity contribution in [1.29, 1.82) is 0 Å². The summed E-state index contributed by atoms with van der Waals surface area (Å²) >= 11 is 0. The van der Waals surface area contributed by atoms with Gasteiger partial charge < -0.3 is 5.11 Å². The van der Waals surface area contributed by atoms with Crippen LogP contribution in [0.15, 0.2) is 0 Å². The van der Waals surface area contributed by atoms with Gasteiger partial charge in [-0.1, -0.05) is 39.0 Å². The molecule has 0 rings (SSSR count). The Bertz CT molecular complexity index is 208. The Labute approximate surface area is 96.0 Å². The molecule has 0 aromatic carbocycles. The molecule has 94 valence electrons. The Kier molecular flexibility index (Phi) is 8.52. The van der Waals surface area contributed by atoms with Gasteiger partial charge in [0.1, 0.15) is 0 Å². The second-order valence-corrected chi connectivity index (χ2v) is 3.97. The summed E-state index contributed by atoms with van der Waals surface area (Å²) in [7, 11) is 0. The highest BCUT2D eigenvalue weighted by atomic mass is 16.5. The predicted octanol–water partition coefficient (Wildman–Crippen LogP) is 1.90. The second-order valence-electron chi connectivity index (χ2n) is 3.97. The molecule has 0 radical (unpaired) electrons. The third-order valence-electron chi connectivity index (χ3n) is 2.53. The zero-order valence-electron chi connectivity index (χ0n) is 9.76. The Morgan fingerprint density at radius 1 is 1.31 bits per heavy atom. The Morgan fingerprint density at radius 2 is 1.94 bits per heavy atom. The van der Waals surface area contributed by atoms with Gasteiger partial charge in [-0.3, -0.25) is 14.8 Å². The Morgan fingerprint density at radius 3 is 2.44 bits per heavy atom. The van der Waals surface area contributed by atoms with Crippen molar-refractivity contribution in [3.63, 3.8) is 0 Å². The monoisotopic (exact) mass is 231 g/mol. The summed E-state index contributed by atoms with van der Waals surface area (Å²) in [6.45, 7) is 1.99. The van der Waals surface area contributed by atoms with Crippen molar-refractivity contribution in [2.75, 3.05) is 6.54 Å². The topological polar surface area (TPSA) is 77.8 Å². The Balaban J connectivity index is 3.77. The van der Waals surface area contributed by atoms with E-state index in [0.29, 0.717) is 11.5 Å². The van der Waals surface area contributed by atoms with Crippen LogP contribution in [0.4, 0.5) is 0 Å². The Hall–Kier alpha value is -1.10. The lowest BCUT2D eigenvalue weighted by Gasteiger charge is -2.15. The van der Waals surface area contributed by atoms with Crippen LogP contribution in [0.1, 0.15) is 45.4 Å². The van der Waals surface area contributed by atoms with Gasteiger partial charge in [0.25, 0.3) is 0 Å². The number of carboxylic acids is 1. The molecule has 0 heterocycles. The summed E-state index contributed by atoms with van der Waals surface area (Å²) < 4.78 is 0. The van der Waals surface area contributed by atoms with Crippen molar-refractivity contribution < 1.29 is 19.9 Å². The zero-order chi connectivity index (χ0) is 12.4. The number of carboxylic acid groups (broad SMARTS) is 1. The highest BCUT2D eigenvalue weighted by Gasteiger charge is 2.19. The summed E-state index contributed by atoms with van der Waals surface area (Å²) in [5, 5.41) is 18.2. The third-order valence-corrected chi connectivity index (χ3v) is 2.53. The van der Waals surface area contributed by atoms with E-state index < -0.39 is 11.9 Å². The summed E-state index contributed by atoms with van der Waals surface area (Å²) in [6, 6.07) is 0. The number of unbranched alkanes of at least 4 members (excludes halogenated alkanes) is 4. The smallest absolute Gasteiger partial charge is 0.308 e. The van der Waals surface area contributed by atoms with Gasteiger partial charge in [0.15, 0.2) is 0 Å². The van der Waals surface area contributed by atoms with Crippen molar-refractivity contribution in [1.82, 2.24) is 5.06 Å². The van der Waals surface area contributed by atoms with Gasteiger partial charge in [-0.05, 0) is 6.42 Å². The first-order valence-corrected chi connectivity index (χ1v) is 5.75. The van der Waals surface area contributed by atoms with Crippen LogP contribution in [0.2, 0.25) is 0 Å². The molecule has 0 aliphatic carbocycles. The third kappa shape index (κ3) is 7.23. The van der Waals surface area contributed by atoms with E-state index in [1.165, 1.54) is 0 Å². The quantitative estimate of drug-likeness (QED) is 0.260. The maximum absolute atomic E-state index is 10.8.